The van der Waals surface area contributed by atoms with Crippen molar-refractivity contribution in [3.63, 3.8) is 0 Å². The molecular weight excluding hydrogens is 685 g/mol. The standard InChI is InChI=1S/C51H30N4O/c1-2-14-35-29-44-42(28-34(35)13-1)40-19-7-9-22-43(40)55(44)51-53-49(33-26-24-32(25-27-33)38-21-11-16-31-12-3-5-17-37(31)38)52-50(54-51)48-39-18-6-4-15-36(39)30-46-47(48)41-20-8-10-23-45(41)56-46/h1-30H. The molecule has 12 rings (SSSR count). The molecule has 0 unspecified atom stereocenters. The van der Waals surface area contributed by atoms with E-state index in [9.17, 15) is 0 Å². The molecular formula is C51H30N4O. The number of fused-ring (bicyclic) bond motifs is 9. The van der Waals surface area contributed by atoms with Crippen LogP contribution in [0.15, 0.2) is 186 Å². The molecule has 0 radical (unpaired) electrons. The highest BCUT2D eigenvalue weighted by molar-refractivity contribution is 6.20. The van der Waals surface area contributed by atoms with Crippen molar-refractivity contribution in [3.8, 4) is 39.9 Å². The topological polar surface area (TPSA) is 56.7 Å². The minimum Gasteiger partial charge on any atom is -0.456 e. The molecule has 0 saturated heterocycles. The van der Waals surface area contributed by atoms with Crippen LogP contribution in [0.5, 0.6) is 0 Å². The fourth-order valence-corrected chi connectivity index (χ4v) is 8.63. The van der Waals surface area contributed by atoms with Gasteiger partial charge in [0, 0.05) is 32.7 Å². The van der Waals surface area contributed by atoms with Crippen molar-refractivity contribution in [1.82, 2.24) is 19.5 Å². The lowest BCUT2D eigenvalue weighted by Crippen LogP contribution is -2.06. The van der Waals surface area contributed by atoms with Crippen LogP contribution in [0.3, 0.4) is 0 Å². The maximum atomic E-state index is 6.51. The van der Waals surface area contributed by atoms with Gasteiger partial charge in [-0.05, 0) is 73.8 Å². The van der Waals surface area contributed by atoms with E-state index in [1.807, 2.05) is 12.1 Å². The van der Waals surface area contributed by atoms with Gasteiger partial charge in [0.25, 0.3) is 0 Å². The molecule has 0 bridgehead atoms. The SMILES string of the molecule is c1ccc2cc3c(cc2c1)c1ccccc1n3-c1nc(-c2ccc(-c3cccc4ccccc34)cc2)nc(-c2c3ccccc3cc3oc4ccccc4c23)n1. The molecule has 0 aliphatic heterocycles. The minimum absolute atomic E-state index is 0.554. The fraction of sp³-hybridized carbons (Fsp3) is 0. The first kappa shape index (κ1) is 30.8. The molecule has 0 saturated carbocycles. The maximum Gasteiger partial charge on any atom is 0.238 e. The van der Waals surface area contributed by atoms with E-state index < -0.39 is 0 Å². The van der Waals surface area contributed by atoms with Crippen LogP contribution in [0.1, 0.15) is 0 Å². The molecule has 0 aliphatic rings. The number of nitrogens with zero attached hydrogens (tertiary/aromatic N) is 4. The van der Waals surface area contributed by atoms with Crippen molar-refractivity contribution in [2.75, 3.05) is 0 Å². The van der Waals surface area contributed by atoms with Crippen LogP contribution < -0.4 is 0 Å². The Morgan fingerprint density at radius 1 is 0.375 bits per heavy atom. The largest absolute Gasteiger partial charge is 0.456 e. The highest BCUT2D eigenvalue weighted by atomic mass is 16.3. The van der Waals surface area contributed by atoms with Gasteiger partial charge in [-0.2, -0.15) is 9.97 Å². The first-order valence-electron chi connectivity index (χ1n) is 18.9. The summed E-state index contributed by atoms with van der Waals surface area (Å²) in [5, 5.41) is 11.2. The Morgan fingerprint density at radius 2 is 1.00 bits per heavy atom. The van der Waals surface area contributed by atoms with Gasteiger partial charge in [-0.1, -0.05) is 152 Å². The van der Waals surface area contributed by atoms with Crippen molar-refractivity contribution < 1.29 is 4.42 Å². The van der Waals surface area contributed by atoms with E-state index in [4.69, 9.17) is 19.4 Å². The Bertz CT molecular complexity index is 3540. The zero-order valence-electron chi connectivity index (χ0n) is 30.0. The van der Waals surface area contributed by atoms with Crippen LogP contribution in [0.4, 0.5) is 0 Å². The van der Waals surface area contributed by atoms with Gasteiger partial charge < -0.3 is 4.42 Å². The van der Waals surface area contributed by atoms with Crippen LogP contribution >= 0.6 is 0 Å². The predicted molar refractivity (Wildman–Crippen MR) is 230 cm³/mol. The molecule has 260 valence electrons. The van der Waals surface area contributed by atoms with Crippen molar-refractivity contribution >= 4 is 76.1 Å². The molecule has 5 heteroatoms. The fourth-order valence-electron chi connectivity index (χ4n) is 8.63. The van der Waals surface area contributed by atoms with Crippen LogP contribution in [-0.4, -0.2) is 19.5 Å². The lowest BCUT2D eigenvalue weighted by Gasteiger charge is -2.13. The van der Waals surface area contributed by atoms with Gasteiger partial charge in [-0.3, -0.25) is 4.57 Å². The second kappa shape index (κ2) is 11.9. The van der Waals surface area contributed by atoms with Crippen molar-refractivity contribution in [2.45, 2.75) is 0 Å². The zero-order chi connectivity index (χ0) is 36.7. The Labute approximate surface area is 320 Å². The highest BCUT2D eigenvalue weighted by Gasteiger charge is 2.23. The average molecular weight is 715 g/mol. The molecule has 12 aromatic rings. The number of para-hydroxylation sites is 2. The summed E-state index contributed by atoms with van der Waals surface area (Å²) in [6, 6.07) is 63.9. The molecule has 0 spiro atoms. The smallest absolute Gasteiger partial charge is 0.238 e. The number of furan rings is 1. The quantitative estimate of drug-likeness (QED) is 0.182. The van der Waals surface area contributed by atoms with E-state index in [2.05, 4.69) is 174 Å². The first-order chi connectivity index (χ1) is 27.7. The summed E-state index contributed by atoms with van der Waals surface area (Å²) in [5.74, 6) is 1.73. The molecule has 0 aliphatic carbocycles. The van der Waals surface area contributed by atoms with Crippen LogP contribution in [0.2, 0.25) is 0 Å². The summed E-state index contributed by atoms with van der Waals surface area (Å²) in [7, 11) is 0. The van der Waals surface area contributed by atoms with Gasteiger partial charge in [-0.15, -0.1) is 0 Å². The normalized spacial score (nSPS) is 11.9. The molecule has 0 atom stereocenters. The summed E-state index contributed by atoms with van der Waals surface area (Å²) in [5.41, 5.74) is 7.84. The molecule has 9 aromatic carbocycles. The summed E-state index contributed by atoms with van der Waals surface area (Å²) >= 11 is 0. The lowest BCUT2D eigenvalue weighted by atomic mass is 9.97. The number of rotatable bonds is 4. The molecule has 5 nitrogen and oxygen atoms in total. The Balaban J connectivity index is 1.16. The molecule has 0 fully saturated rings. The number of benzene rings is 9. The molecule has 3 heterocycles. The van der Waals surface area contributed by atoms with E-state index in [1.165, 1.54) is 21.7 Å². The second-order valence-electron chi connectivity index (χ2n) is 14.4. The van der Waals surface area contributed by atoms with Crippen LogP contribution in [0.25, 0.3) is 116 Å². The van der Waals surface area contributed by atoms with E-state index in [-0.39, 0.29) is 0 Å². The highest BCUT2D eigenvalue weighted by Crippen LogP contribution is 2.42. The third kappa shape index (κ3) is 4.64. The van der Waals surface area contributed by atoms with Crippen LogP contribution in [0, 0.1) is 0 Å². The van der Waals surface area contributed by atoms with E-state index in [1.54, 1.807) is 0 Å². The third-order valence-electron chi connectivity index (χ3n) is 11.2. The zero-order valence-corrected chi connectivity index (χ0v) is 30.0. The van der Waals surface area contributed by atoms with Crippen LogP contribution in [-0.2, 0) is 0 Å². The number of hydrogen-bond acceptors (Lipinski definition) is 4. The van der Waals surface area contributed by atoms with Gasteiger partial charge in [0.1, 0.15) is 11.2 Å². The Morgan fingerprint density at radius 3 is 1.84 bits per heavy atom. The van der Waals surface area contributed by atoms with Gasteiger partial charge >= 0.3 is 0 Å². The molecule has 56 heavy (non-hydrogen) atoms. The van der Waals surface area contributed by atoms with Crippen molar-refractivity contribution in [2.24, 2.45) is 0 Å². The van der Waals surface area contributed by atoms with E-state index in [0.29, 0.717) is 17.6 Å². The monoisotopic (exact) mass is 714 g/mol. The minimum atomic E-state index is 0.554. The van der Waals surface area contributed by atoms with Crippen molar-refractivity contribution in [1.29, 1.82) is 0 Å². The number of aromatic nitrogens is 4. The average Bonchev–Trinajstić information content (AvgIpc) is 3.79. The summed E-state index contributed by atoms with van der Waals surface area (Å²) in [6.07, 6.45) is 0. The van der Waals surface area contributed by atoms with Gasteiger partial charge in [0.15, 0.2) is 11.6 Å². The first-order valence-corrected chi connectivity index (χ1v) is 18.9. The van der Waals surface area contributed by atoms with Gasteiger partial charge in [0.05, 0.1) is 11.0 Å². The molecule has 3 aromatic heterocycles. The van der Waals surface area contributed by atoms with Gasteiger partial charge in [0.2, 0.25) is 5.95 Å². The Kier molecular flexibility index (Phi) is 6.56. The maximum absolute atomic E-state index is 6.51. The Hall–Kier alpha value is -7.63. The van der Waals surface area contributed by atoms with Crippen molar-refractivity contribution in [3.05, 3.63) is 182 Å². The molecule has 0 N–H and O–H groups in total. The second-order valence-corrected chi connectivity index (χ2v) is 14.4. The predicted octanol–water partition coefficient (Wildman–Crippen LogP) is 13.3. The number of hydrogen-bond donors (Lipinski definition) is 0. The van der Waals surface area contributed by atoms with Gasteiger partial charge in [-0.25, -0.2) is 4.98 Å². The molecule has 0 amide bonds. The van der Waals surface area contributed by atoms with E-state index in [0.717, 1.165) is 76.6 Å². The lowest BCUT2D eigenvalue weighted by molar-refractivity contribution is 0.669. The summed E-state index contributed by atoms with van der Waals surface area (Å²) in [4.78, 5) is 16.1. The third-order valence-corrected chi connectivity index (χ3v) is 11.2. The van der Waals surface area contributed by atoms with E-state index >= 15 is 0 Å². The summed E-state index contributed by atoms with van der Waals surface area (Å²) < 4.78 is 8.71. The summed E-state index contributed by atoms with van der Waals surface area (Å²) in [6.45, 7) is 0.